The van der Waals surface area contributed by atoms with E-state index in [9.17, 15) is 9.18 Å². The quantitative estimate of drug-likeness (QED) is 0.796. The largest absolute Gasteiger partial charge is 0.494 e. The first-order valence-electron chi connectivity index (χ1n) is 9.72. The smallest absolute Gasteiger partial charge is 0.253 e. The summed E-state index contributed by atoms with van der Waals surface area (Å²) in [7, 11) is 1.46. The monoisotopic (exact) mass is 384 g/mol. The number of hydrogen-bond acceptors (Lipinski definition) is 3. The van der Waals surface area contributed by atoms with Crippen molar-refractivity contribution in [1.82, 2.24) is 9.80 Å². The number of amides is 1. The van der Waals surface area contributed by atoms with E-state index in [-0.39, 0.29) is 22.9 Å². The zero-order valence-corrected chi connectivity index (χ0v) is 17.2. The number of methoxy groups -OCH3 is 1. The lowest BCUT2D eigenvalue weighted by Gasteiger charge is -2.35. The summed E-state index contributed by atoms with van der Waals surface area (Å²) in [5, 5.41) is 0. The number of benzene rings is 2. The van der Waals surface area contributed by atoms with Gasteiger partial charge in [-0.15, -0.1) is 0 Å². The molecule has 0 atom stereocenters. The molecular formula is C23H29FN2O2. The molecule has 0 aliphatic carbocycles. The lowest BCUT2D eigenvalue weighted by Crippen LogP contribution is -2.48. The third kappa shape index (κ3) is 4.71. The highest BCUT2D eigenvalue weighted by atomic mass is 19.1. The van der Waals surface area contributed by atoms with Crippen LogP contribution in [0.5, 0.6) is 5.75 Å². The van der Waals surface area contributed by atoms with Gasteiger partial charge in [0.15, 0.2) is 11.6 Å². The molecule has 0 spiro atoms. The second-order valence-corrected chi connectivity index (χ2v) is 8.36. The number of carbonyl (C=O) groups is 1. The molecule has 0 saturated carbocycles. The standard InChI is InChI=1S/C23H29FN2O2/c1-23(2,3)19-8-6-18(7-9-19)22(27)26-13-11-25(12-14-26)16-17-5-10-21(28-4)20(24)15-17/h5-10,15H,11-14,16H2,1-4H3. The van der Waals surface area contributed by atoms with E-state index >= 15 is 0 Å². The Balaban J connectivity index is 1.56. The van der Waals surface area contributed by atoms with Crippen LogP contribution in [0.2, 0.25) is 0 Å². The van der Waals surface area contributed by atoms with Crippen molar-refractivity contribution in [2.75, 3.05) is 33.3 Å². The molecule has 1 saturated heterocycles. The fourth-order valence-corrected chi connectivity index (χ4v) is 3.47. The van der Waals surface area contributed by atoms with Crippen LogP contribution in [0.1, 0.15) is 42.3 Å². The van der Waals surface area contributed by atoms with Gasteiger partial charge in [0.1, 0.15) is 0 Å². The van der Waals surface area contributed by atoms with Crippen LogP contribution >= 0.6 is 0 Å². The van der Waals surface area contributed by atoms with E-state index in [4.69, 9.17) is 4.74 Å². The van der Waals surface area contributed by atoms with E-state index in [0.29, 0.717) is 19.6 Å². The van der Waals surface area contributed by atoms with Gasteiger partial charge < -0.3 is 9.64 Å². The van der Waals surface area contributed by atoms with Crippen molar-refractivity contribution >= 4 is 5.91 Å². The number of piperazine rings is 1. The highest BCUT2D eigenvalue weighted by molar-refractivity contribution is 5.94. The van der Waals surface area contributed by atoms with Crippen molar-refractivity contribution in [3.05, 3.63) is 65.0 Å². The Labute approximate surface area is 166 Å². The van der Waals surface area contributed by atoms with Crippen molar-refractivity contribution in [2.24, 2.45) is 0 Å². The molecule has 28 heavy (non-hydrogen) atoms. The highest BCUT2D eigenvalue weighted by Crippen LogP contribution is 2.23. The molecule has 3 rings (SSSR count). The summed E-state index contributed by atoms with van der Waals surface area (Å²) in [6.45, 7) is 10.1. The molecule has 2 aromatic rings. The van der Waals surface area contributed by atoms with Gasteiger partial charge in [-0.3, -0.25) is 9.69 Å². The van der Waals surface area contributed by atoms with E-state index in [2.05, 4.69) is 25.7 Å². The lowest BCUT2D eigenvalue weighted by molar-refractivity contribution is 0.0628. The Morgan fingerprint density at radius 1 is 1.04 bits per heavy atom. The topological polar surface area (TPSA) is 32.8 Å². The van der Waals surface area contributed by atoms with Crippen molar-refractivity contribution < 1.29 is 13.9 Å². The first-order chi connectivity index (χ1) is 13.3. The normalized spacial score (nSPS) is 15.5. The Morgan fingerprint density at radius 3 is 2.21 bits per heavy atom. The van der Waals surface area contributed by atoms with Gasteiger partial charge in [0, 0.05) is 38.3 Å². The minimum absolute atomic E-state index is 0.0775. The summed E-state index contributed by atoms with van der Waals surface area (Å²) in [6, 6.07) is 13.0. The fraction of sp³-hybridized carbons (Fsp3) is 0.435. The predicted molar refractivity (Wildman–Crippen MR) is 109 cm³/mol. The van der Waals surface area contributed by atoms with Crippen molar-refractivity contribution in [3.8, 4) is 5.75 Å². The molecule has 1 amide bonds. The number of ether oxygens (including phenoxy) is 1. The molecule has 4 nitrogen and oxygen atoms in total. The van der Waals surface area contributed by atoms with Gasteiger partial charge in [-0.25, -0.2) is 4.39 Å². The summed E-state index contributed by atoms with van der Waals surface area (Å²) in [5.41, 5.74) is 2.95. The molecule has 1 heterocycles. The molecule has 0 bridgehead atoms. The van der Waals surface area contributed by atoms with E-state index in [1.54, 1.807) is 6.07 Å². The maximum Gasteiger partial charge on any atom is 0.253 e. The summed E-state index contributed by atoms with van der Waals surface area (Å²) >= 11 is 0. The average molecular weight is 384 g/mol. The second-order valence-electron chi connectivity index (χ2n) is 8.36. The summed E-state index contributed by atoms with van der Waals surface area (Å²) in [6.07, 6.45) is 0. The zero-order chi connectivity index (χ0) is 20.3. The van der Waals surface area contributed by atoms with Crippen LogP contribution in [0.25, 0.3) is 0 Å². The molecule has 1 fully saturated rings. The van der Waals surface area contributed by atoms with Crippen LogP contribution in [0.3, 0.4) is 0 Å². The van der Waals surface area contributed by atoms with E-state index in [1.807, 2.05) is 35.2 Å². The highest BCUT2D eigenvalue weighted by Gasteiger charge is 2.23. The molecule has 0 N–H and O–H groups in total. The van der Waals surface area contributed by atoms with Crippen molar-refractivity contribution in [3.63, 3.8) is 0 Å². The Morgan fingerprint density at radius 2 is 1.68 bits per heavy atom. The number of carbonyl (C=O) groups excluding carboxylic acids is 1. The number of nitrogens with zero attached hydrogens (tertiary/aromatic N) is 2. The molecule has 5 heteroatoms. The molecule has 0 unspecified atom stereocenters. The minimum Gasteiger partial charge on any atom is -0.494 e. The maximum atomic E-state index is 13.9. The maximum absolute atomic E-state index is 13.9. The van der Waals surface area contributed by atoms with Gasteiger partial charge in [0.05, 0.1) is 7.11 Å². The Kier molecular flexibility index (Phi) is 6.04. The van der Waals surface area contributed by atoms with Gasteiger partial charge in [0.2, 0.25) is 0 Å². The third-order valence-electron chi connectivity index (χ3n) is 5.28. The van der Waals surface area contributed by atoms with Gasteiger partial charge in [0.25, 0.3) is 5.91 Å². The first kappa shape index (κ1) is 20.3. The van der Waals surface area contributed by atoms with E-state index < -0.39 is 0 Å². The van der Waals surface area contributed by atoms with Gasteiger partial charge >= 0.3 is 0 Å². The number of rotatable bonds is 4. The SMILES string of the molecule is COc1ccc(CN2CCN(C(=O)c3ccc(C(C)(C)C)cc3)CC2)cc1F. The molecule has 1 aliphatic rings. The van der Waals surface area contributed by atoms with E-state index in [1.165, 1.54) is 18.7 Å². The van der Waals surface area contributed by atoms with Crippen molar-refractivity contribution in [2.45, 2.75) is 32.7 Å². The summed E-state index contributed by atoms with van der Waals surface area (Å²) < 4.78 is 18.8. The molecule has 2 aromatic carbocycles. The van der Waals surface area contributed by atoms with Crippen LogP contribution < -0.4 is 4.74 Å². The molecule has 150 valence electrons. The second kappa shape index (κ2) is 8.31. The Bertz CT molecular complexity index is 819. The molecule has 0 aromatic heterocycles. The van der Waals surface area contributed by atoms with Crippen LogP contribution in [-0.2, 0) is 12.0 Å². The first-order valence-corrected chi connectivity index (χ1v) is 9.72. The fourth-order valence-electron chi connectivity index (χ4n) is 3.47. The van der Waals surface area contributed by atoms with Crippen LogP contribution in [0.15, 0.2) is 42.5 Å². The van der Waals surface area contributed by atoms with Crippen molar-refractivity contribution in [1.29, 1.82) is 0 Å². The van der Waals surface area contributed by atoms with Crippen LogP contribution in [0.4, 0.5) is 4.39 Å². The van der Waals surface area contributed by atoms with Gasteiger partial charge in [-0.05, 0) is 40.8 Å². The number of hydrogen-bond donors (Lipinski definition) is 0. The summed E-state index contributed by atoms with van der Waals surface area (Å²) in [5.74, 6) is -0.000219. The molecule has 0 radical (unpaired) electrons. The molecule has 1 aliphatic heterocycles. The third-order valence-corrected chi connectivity index (χ3v) is 5.28. The van der Waals surface area contributed by atoms with Gasteiger partial charge in [-0.2, -0.15) is 0 Å². The molecular weight excluding hydrogens is 355 g/mol. The lowest BCUT2D eigenvalue weighted by atomic mass is 9.86. The van der Waals surface area contributed by atoms with E-state index in [0.717, 1.165) is 24.2 Å². The Hall–Kier alpha value is -2.40. The minimum atomic E-state index is -0.340. The predicted octanol–water partition coefficient (Wildman–Crippen LogP) is 4.09. The number of halogens is 1. The zero-order valence-electron chi connectivity index (χ0n) is 17.2. The van der Waals surface area contributed by atoms with Crippen LogP contribution in [-0.4, -0.2) is 49.0 Å². The van der Waals surface area contributed by atoms with Crippen LogP contribution in [0, 0.1) is 5.82 Å². The summed E-state index contributed by atoms with van der Waals surface area (Å²) in [4.78, 5) is 16.9. The van der Waals surface area contributed by atoms with Gasteiger partial charge in [-0.1, -0.05) is 39.0 Å². The average Bonchev–Trinajstić information content (AvgIpc) is 2.68.